The van der Waals surface area contributed by atoms with E-state index in [9.17, 15) is 0 Å². The Morgan fingerprint density at radius 1 is 1.22 bits per heavy atom. The van der Waals surface area contributed by atoms with Gasteiger partial charge in [-0.05, 0) is 31.8 Å². The van der Waals surface area contributed by atoms with Crippen LogP contribution in [-0.4, -0.2) is 24.1 Å². The minimum absolute atomic E-state index is 0.728. The first-order valence-corrected chi connectivity index (χ1v) is 6.86. The van der Waals surface area contributed by atoms with Gasteiger partial charge in [0.05, 0.1) is 0 Å². The summed E-state index contributed by atoms with van der Waals surface area (Å²) in [5, 5.41) is 0. The fraction of sp³-hybridized carbons (Fsp3) is 0.600. The molecule has 1 aromatic heterocycles. The second-order valence-electron chi connectivity index (χ2n) is 5.39. The van der Waals surface area contributed by atoms with E-state index in [4.69, 9.17) is 0 Å². The molecule has 0 spiro atoms. The SMILES string of the molecule is Cc1cnc(/C=C/C2CCCCC2)nc1N(C)C. The van der Waals surface area contributed by atoms with Crippen molar-refractivity contribution in [2.75, 3.05) is 19.0 Å². The van der Waals surface area contributed by atoms with Gasteiger partial charge in [0, 0.05) is 25.9 Å². The summed E-state index contributed by atoms with van der Waals surface area (Å²) in [4.78, 5) is 11.0. The summed E-state index contributed by atoms with van der Waals surface area (Å²) < 4.78 is 0. The van der Waals surface area contributed by atoms with Crippen LogP contribution in [0.2, 0.25) is 0 Å². The van der Waals surface area contributed by atoms with Crippen LogP contribution in [0.1, 0.15) is 43.5 Å². The summed E-state index contributed by atoms with van der Waals surface area (Å²) in [7, 11) is 4.04. The molecule has 0 N–H and O–H groups in total. The normalized spacial score (nSPS) is 17.3. The molecule has 1 aliphatic rings. The van der Waals surface area contributed by atoms with E-state index in [0.29, 0.717) is 0 Å². The fourth-order valence-electron chi connectivity index (χ4n) is 2.53. The van der Waals surface area contributed by atoms with Gasteiger partial charge in [0.15, 0.2) is 5.82 Å². The Labute approximate surface area is 110 Å². The van der Waals surface area contributed by atoms with Crippen LogP contribution in [-0.2, 0) is 0 Å². The number of anilines is 1. The highest BCUT2D eigenvalue weighted by molar-refractivity contribution is 5.49. The number of nitrogens with zero attached hydrogens (tertiary/aromatic N) is 3. The molecule has 2 rings (SSSR count). The van der Waals surface area contributed by atoms with E-state index < -0.39 is 0 Å². The molecule has 0 amide bonds. The lowest BCUT2D eigenvalue weighted by Gasteiger charge is -2.17. The summed E-state index contributed by atoms with van der Waals surface area (Å²) in [5.41, 5.74) is 1.12. The molecule has 3 heteroatoms. The van der Waals surface area contributed by atoms with Crippen LogP contribution in [0.3, 0.4) is 0 Å². The summed E-state index contributed by atoms with van der Waals surface area (Å²) in [6.45, 7) is 2.05. The van der Waals surface area contributed by atoms with E-state index in [-0.39, 0.29) is 0 Å². The number of allylic oxidation sites excluding steroid dienone is 1. The molecule has 0 saturated heterocycles. The van der Waals surface area contributed by atoms with E-state index >= 15 is 0 Å². The van der Waals surface area contributed by atoms with Crippen LogP contribution < -0.4 is 4.90 Å². The van der Waals surface area contributed by atoms with E-state index in [1.807, 2.05) is 32.1 Å². The van der Waals surface area contributed by atoms with Crippen LogP contribution in [0.4, 0.5) is 5.82 Å². The number of hydrogen-bond acceptors (Lipinski definition) is 3. The molecular formula is C15H23N3. The van der Waals surface area contributed by atoms with Crippen molar-refractivity contribution >= 4 is 11.9 Å². The lowest BCUT2D eigenvalue weighted by atomic mass is 9.89. The molecule has 18 heavy (non-hydrogen) atoms. The minimum Gasteiger partial charge on any atom is -0.362 e. The average Bonchev–Trinajstić information content (AvgIpc) is 2.38. The standard InChI is InChI=1S/C15H23N3/c1-12-11-16-14(17-15(12)18(2)3)10-9-13-7-5-4-6-8-13/h9-11,13H,4-8H2,1-3H3/b10-9+. The Morgan fingerprint density at radius 3 is 2.61 bits per heavy atom. The van der Waals surface area contributed by atoms with Crippen molar-refractivity contribution in [1.82, 2.24) is 9.97 Å². The van der Waals surface area contributed by atoms with Crippen molar-refractivity contribution in [1.29, 1.82) is 0 Å². The molecule has 0 atom stereocenters. The molecule has 0 unspecified atom stereocenters. The number of hydrogen-bond donors (Lipinski definition) is 0. The zero-order chi connectivity index (χ0) is 13.0. The number of aromatic nitrogens is 2. The highest BCUT2D eigenvalue weighted by Gasteiger charge is 2.10. The molecule has 0 bridgehead atoms. The van der Waals surface area contributed by atoms with E-state index in [2.05, 4.69) is 22.1 Å². The first-order chi connectivity index (χ1) is 8.66. The van der Waals surface area contributed by atoms with E-state index in [0.717, 1.165) is 23.1 Å². The molecule has 0 aliphatic heterocycles. The van der Waals surface area contributed by atoms with Crippen molar-refractivity contribution in [3.63, 3.8) is 0 Å². The van der Waals surface area contributed by atoms with Crippen molar-refractivity contribution in [3.05, 3.63) is 23.7 Å². The maximum Gasteiger partial charge on any atom is 0.153 e. The number of aryl methyl sites for hydroxylation is 1. The third kappa shape index (κ3) is 3.31. The topological polar surface area (TPSA) is 29.0 Å². The Morgan fingerprint density at radius 2 is 1.94 bits per heavy atom. The highest BCUT2D eigenvalue weighted by Crippen LogP contribution is 2.25. The quantitative estimate of drug-likeness (QED) is 0.816. The zero-order valence-electron chi connectivity index (χ0n) is 11.7. The molecule has 0 aromatic carbocycles. The molecule has 0 radical (unpaired) electrons. The lowest BCUT2D eigenvalue weighted by molar-refractivity contribution is 0.420. The molecule has 1 aromatic rings. The van der Waals surface area contributed by atoms with Gasteiger partial charge < -0.3 is 4.90 Å². The highest BCUT2D eigenvalue weighted by atomic mass is 15.1. The van der Waals surface area contributed by atoms with Crippen LogP contribution in [0.5, 0.6) is 0 Å². The maximum atomic E-state index is 4.58. The predicted molar refractivity (Wildman–Crippen MR) is 76.7 cm³/mol. The Balaban J connectivity index is 2.08. The maximum absolute atomic E-state index is 4.58. The molecular weight excluding hydrogens is 222 g/mol. The number of rotatable bonds is 3. The van der Waals surface area contributed by atoms with E-state index in [1.165, 1.54) is 32.1 Å². The average molecular weight is 245 g/mol. The zero-order valence-corrected chi connectivity index (χ0v) is 11.7. The van der Waals surface area contributed by atoms with Gasteiger partial charge in [0.2, 0.25) is 0 Å². The largest absolute Gasteiger partial charge is 0.362 e. The van der Waals surface area contributed by atoms with Gasteiger partial charge in [-0.15, -0.1) is 0 Å². The predicted octanol–water partition coefficient (Wildman–Crippen LogP) is 3.44. The smallest absolute Gasteiger partial charge is 0.153 e. The van der Waals surface area contributed by atoms with Gasteiger partial charge in [-0.1, -0.05) is 25.3 Å². The molecule has 98 valence electrons. The van der Waals surface area contributed by atoms with Gasteiger partial charge in [-0.3, -0.25) is 0 Å². The summed E-state index contributed by atoms with van der Waals surface area (Å²) in [6.07, 6.45) is 13.1. The molecule has 1 saturated carbocycles. The van der Waals surface area contributed by atoms with Crippen molar-refractivity contribution in [3.8, 4) is 0 Å². The van der Waals surface area contributed by atoms with E-state index in [1.54, 1.807) is 0 Å². The third-order valence-electron chi connectivity index (χ3n) is 3.55. The molecule has 1 fully saturated rings. The van der Waals surface area contributed by atoms with Gasteiger partial charge >= 0.3 is 0 Å². The van der Waals surface area contributed by atoms with Crippen LogP contribution in [0, 0.1) is 12.8 Å². The lowest BCUT2D eigenvalue weighted by Crippen LogP contribution is -2.13. The summed E-state index contributed by atoms with van der Waals surface area (Å²) >= 11 is 0. The van der Waals surface area contributed by atoms with Gasteiger partial charge in [0.25, 0.3) is 0 Å². The van der Waals surface area contributed by atoms with Gasteiger partial charge in [-0.25, -0.2) is 9.97 Å². The Hall–Kier alpha value is -1.38. The summed E-state index contributed by atoms with van der Waals surface area (Å²) in [5.74, 6) is 2.56. The monoisotopic (exact) mass is 245 g/mol. The van der Waals surface area contributed by atoms with Crippen molar-refractivity contribution in [2.45, 2.75) is 39.0 Å². The van der Waals surface area contributed by atoms with Gasteiger partial charge in [-0.2, -0.15) is 0 Å². The Bertz CT molecular complexity index is 418. The fourth-order valence-corrected chi connectivity index (χ4v) is 2.53. The molecule has 3 nitrogen and oxygen atoms in total. The molecule has 1 heterocycles. The second-order valence-corrected chi connectivity index (χ2v) is 5.39. The first kappa shape index (κ1) is 13.1. The minimum atomic E-state index is 0.728. The third-order valence-corrected chi connectivity index (χ3v) is 3.55. The van der Waals surface area contributed by atoms with Crippen LogP contribution >= 0.6 is 0 Å². The first-order valence-electron chi connectivity index (χ1n) is 6.86. The van der Waals surface area contributed by atoms with Crippen molar-refractivity contribution in [2.24, 2.45) is 5.92 Å². The Kier molecular flexibility index (Phi) is 4.34. The van der Waals surface area contributed by atoms with Crippen LogP contribution in [0.25, 0.3) is 6.08 Å². The van der Waals surface area contributed by atoms with Crippen LogP contribution in [0.15, 0.2) is 12.3 Å². The van der Waals surface area contributed by atoms with Crippen molar-refractivity contribution < 1.29 is 0 Å². The summed E-state index contributed by atoms with van der Waals surface area (Å²) in [6, 6.07) is 0. The van der Waals surface area contributed by atoms with Gasteiger partial charge in [0.1, 0.15) is 5.82 Å². The molecule has 1 aliphatic carbocycles. The second kappa shape index (κ2) is 5.98.